The summed E-state index contributed by atoms with van der Waals surface area (Å²) < 4.78 is 10.8. The number of methoxy groups -OCH3 is 1. The van der Waals surface area contributed by atoms with Gasteiger partial charge in [-0.2, -0.15) is 0 Å². The van der Waals surface area contributed by atoms with Crippen molar-refractivity contribution in [3.8, 4) is 0 Å². The lowest BCUT2D eigenvalue weighted by Gasteiger charge is -2.42. The third-order valence-corrected chi connectivity index (χ3v) is 4.31. The maximum atomic E-state index is 5.58. The van der Waals surface area contributed by atoms with Crippen molar-refractivity contribution >= 4 is 5.96 Å². The molecule has 0 heterocycles. The van der Waals surface area contributed by atoms with Crippen LogP contribution in [0.3, 0.4) is 0 Å². The first-order valence-electron chi connectivity index (χ1n) is 8.63. The lowest BCUT2D eigenvalue weighted by molar-refractivity contribution is 0.0732. The largest absolute Gasteiger partial charge is 0.385 e. The Hall–Kier alpha value is -0.810. The first-order valence-corrected chi connectivity index (χ1v) is 8.63. The Bertz CT molecular complexity index is 315. The van der Waals surface area contributed by atoms with Crippen LogP contribution < -0.4 is 10.6 Å². The van der Waals surface area contributed by atoms with Gasteiger partial charge < -0.3 is 20.1 Å². The number of rotatable bonds is 11. The standard InChI is InChI=1S/C17H35N3O2/c1-15(2)13-22-11-6-10-19-16(18-3)20-14-17(7-5-8-17)9-12-21-4/h15H,5-14H2,1-4H3,(H2,18,19,20). The van der Waals surface area contributed by atoms with Crippen LogP contribution in [-0.2, 0) is 9.47 Å². The second-order valence-electron chi connectivity index (χ2n) is 6.77. The Morgan fingerprint density at radius 1 is 1.23 bits per heavy atom. The smallest absolute Gasteiger partial charge is 0.190 e. The molecule has 0 saturated heterocycles. The van der Waals surface area contributed by atoms with Crippen LogP contribution in [0.2, 0.25) is 0 Å². The van der Waals surface area contributed by atoms with Crippen molar-refractivity contribution < 1.29 is 9.47 Å². The highest BCUT2D eigenvalue weighted by molar-refractivity contribution is 5.79. The van der Waals surface area contributed by atoms with Crippen molar-refractivity contribution in [1.29, 1.82) is 0 Å². The number of ether oxygens (including phenoxy) is 2. The molecule has 1 saturated carbocycles. The van der Waals surface area contributed by atoms with E-state index in [1.54, 1.807) is 7.11 Å². The molecule has 0 aromatic rings. The molecule has 0 spiro atoms. The average Bonchev–Trinajstić information content (AvgIpc) is 2.46. The van der Waals surface area contributed by atoms with E-state index < -0.39 is 0 Å². The van der Waals surface area contributed by atoms with Gasteiger partial charge in [0.15, 0.2) is 5.96 Å². The number of guanidine groups is 1. The highest BCUT2D eigenvalue weighted by Gasteiger charge is 2.36. The summed E-state index contributed by atoms with van der Waals surface area (Å²) >= 11 is 0. The summed E-state index contributed by atoms with van der Waals surface area (Å²) in [6, 6.07) is 0. The second-order valence-corrected chi connectivity index (χ2v) is 6.77. The summed E-state index contributed by atoms with van der Waals surface area (Å²) in [5, 5.41) is 6.83. The van der Waals surface area contributed by atoms with Gasteiger partial charge in [-0.1, -0.05) is 20.3 Å². The molecule has 0 aromatic carbocycles. The summed E-state index contributed by atoms with van der Waals surface area (Å²) in [6.07, 6.45) is 6.07. The normalized spacial score (nSPS) is 17.4. The molecule has 1 rings (SSSR count). The fraction of sp³-hybridized carbons (Fsp3) is 0.941. The van der Waals surface area contributed by atoms with Gasteiger partial charge in [0.1, 0.15) is 0 Å². The molecule has 130 valence electrons. The molecule has 0 aliphatic heterocycles. The topological polar surface area (TPSA) is 54.9 Å². The van der Waals surface area contributed by atoms with Crippen LogP contribution in [0.5, 0.6) is 0 Å². The Labute approximate surface area is 136 Å². The first kappa shape index (κ1) is 19.2. The molecule has 1 fully saturated rings. The third-order valence-electron chi connectivity index (χ3n) is 4.31. The van der Waals surface area contributed by atoms with Gasteiger partial charge in [-0.25, -0.2) is 0 Å². The predicted molar refractivity (Wildman–Crippen MR) is 92.4 cm³/mol. The van der Waals surface area contributed by atoms with Crippen LogP contribution in [0.25, 0.3) is 0 Å². The molecule has 22 heavy (non-hydrogen) atoms. The summed E-state index contributed by atoms with van der Waals surface area (Å²) in [7, 11) is 3.61. The molecular weight excluding hydrogens is 278 g/mol. The molecule has 5 nitrogen and oxygen atoms in total. The molecule has 1 aliphatic carbocycles. The highest BCUT2D eigenvalue weighted by Crippen LogP contribution is 2.43. The molecule has 0 unspecified atom stereocenters. The summed E-state index contributed by atoms with van der Waals surface area (Å²) in [5.74, 6) is 1.50. The van der Waals surface area contributed by atoms with Gasteiger partial charge in [-0.15, -0.1) is 0 Å². The maximum absolute atomic E-state index is 5.58. The average molecular weight is 313 g/mol. The lowest BCUT2D eigenvalue weighted by Crippen LogP contribution is -2.47. The van der Waals surface area contributed by atoms with E-state index in [1.807, 2.05) is 7.05 Å². The van der Waals surface area contributed by atoms with Gasteiger partial charge in [0, 0.05) is 47.1 Å². The zero-order chi connectivity index (χ0) is 16.3. The molecule has 0 atom stereocenters. The van der Waals surface area contributed by atoms with Gasteiger partial charge in [0.25, 0.3) is 0 Å². The van der Waals surface area contributed by atoms with Crippen molar-refractivity contribution in [2.45, 2.75) is 46.0 Å². The molecule has 2 N–H and O–H groups in total. The lowest BCUT2D eigenvalue weighted by atomic mass is 9.67. The number of nitrogens with one attached hydrogen (secondary N) is 2. The molecule has 0 radical (unpaired) electrons. The number of nitrogens with zero attached hydrogens (tertiary/aromatic N) is 1. The van der Waals surface area contributed by atoms with Crippen LogP contribution in [0.15, 0.2) is 4.99 Å². The Morgan fingerprint density at radius 2 is 2.00 bits per heavy atom. The van der Waals surface area contributed by atoms with Crippen LogP contribution in [0.1, 0.15) is 46.0 Å². The van der Waals surface area contributed by atoms with Crippen LogP contribution >= 0.6 is 0 Å². The molecule has 0 bridgehead atoms. The Kier molecular flexibility index (Phi) is 9.48. The minimum absolute atomic E-state index is 0.411. The Morgan fingerprint density at radius 3 is 2.55 bits per heavy atom. The Balaban J connectivity index is 2.14. The fourth-order valence-electron chi connectivity index (χ4n) is 2.70. The van der Waals surface area contributed by atoms with E-state index in [1.165, 1.54) is 19.3 Å². The molecule has 0 aromatic heterocycles. The van der Waals surface area contributed by atoms with E-state index in [2.05, 4.69) is 29.5 Å². The monoisotopic (exact) mass is 313 g/mol. The third kappa shape index (κ3) is 7.45. The number of aliphatic imine (C=N–C) groups is 1. The van der Waals surface area contributed by atoms with Crippen molar-refractivity contribution in [1.82, 2.24) is 10.6 Å². The van der Waals surface area contributed by atoms with Crippen LogP contribution in [-0.4, -0.2) is 53.0 Å². The van der Waals surface area contributed by atoms with Gasteiger partial charge in [-0.3, -0.25) is 4.99 Å². The fourth-order valence-corrected chi connectivity index (χ4v) is 2.70. The number of hydrogen-bond acceptors (Lipinski definition) is 3. The molecule has 1 aliphatic rings. The minimum atomic E-state index is 0.411. The zero-order valence-electron chi connectivity index (χ0n) is 14.9. The summed E-state index contributed by atoms with van der Waals surface area (Å²) in [6.45, 7) is 8.71. The van der Waals surface area contributed by atoms with Crippen molar-refractivity contribution in [3.05, 3.63) is 0 Å². The summed E-state index contributed by atoms with van der Waals surface area (Å²) in [4.78, 5) is 4.30. The highest BCUT2D eigenvalue weighted by atomic mass is 16.5. The molecular formula is C17H35N3O2. The van der Waals surface area contributed by atoms with E-state index in [-0.39, 0.29) is 0 Å². The first-order chi connectivity index (χ1) is 10.6. The van der Waals surface area contributed by atoms with E-state index in [4.69, 9.17) is 9.47 Å². The predicted octanol–water partition coefficient (Wildman–Crippen LogP) is 2.42. The van der Waals surface area contributed by atoms with E-state index in [0.29, 0.717) is 11.3 Å². The van der Waals surface area contributed by atoms with E-state index in [0.717, 1.165) is 51.7 Å². The van der Waals surface area contributed by atoms with Gasteiger partial charge in [-0.05, 0) is 37.0 Å². The van der Waals surface area contributed by atoms with Gasteiger partial charge >= 0.3 is 0 Å². The van der Waals surface area contributed by atoms with Crippen LogP contribution in [0.4, 0.5) is 0 Å². The van der Waals surface area contributed by atoms with Crippen molar-refractivity contribution in [2.24, 2.45) is 16.3 Å². The van der Waals surface area contributed by atoms with Crippen molar-refractivity contribution in [2.75, 3.05) is 47.1 Å². The molecule has 0 amide bonds. The SMILES string of the molecule is CN=C(NCCCOCC(C)C)NCC1(CCOC)CCC1. The zero-order valence-corrected chi connectivity index (χ0v) is 14.9. The number of hydrogen-bond donors (Lipinski definition) is 2. The minimum Gasteiger partial charge on any atom is -0.385 e. The molecule has 5 heteroatoms. The van der Waals surface area contributed by atoms with Gasteiger partial charge in [0.05, 0.1) is 0 Å². The van der Waals surface area contributed by atoms with E-state index in [9.17, 15) is 0 Å². The van der Waals surface area contributed by atoms with Crippen molar-refractivity contribution in [3.63, 3.8) is 0 Å². The quantitative estimate of drug-likeness (QED) is 0.349. The maximum Gasteiger partial charge on any atom is 0.190 e. The summed E-state index contributed by atoms with van der Waals surface area (Å²) in [5.41, 5.74) is 0.411. The second kappa shape index (κ2) is 10.8. The van der Waals surface area contributed by atoms with E-state index >= 15 is 0 Å². The van der Waals surface area contributed by atoms with Gasteiger partial charge in [0.2, 0.25) is 0 Å². The van der Waals surface area contributed by atoms with Crippen LogP contribution in [0, 0.1) is 11.3 Å².